The van der Waals surface area contributed by atoms with Gasteiger partial charge in [-0.05, 0) is 31.2 Å². The Hall–Kier alpha value is -1.35. The third kappa shape index (κ3) is 1.31. The number of nitrogens with two attached hydrogens (primary N) is 1. The van der Waals surface area contributed by atoms with Gasteiger partial charge in [0.25, 0.3) is 0 Å². The minimum Gasteiger partial charge on any atom is -0.464 e. The average molecular weight is 179 g/mol. The van der Waals surface area contributed by atoms with Gasteiger partial charge in [0.05, 0.1) is 6.26 Å². The number of benzene rings is 1. The van der Waals surface area contributed by atoms with Gasteiger partial charge in [-0.3, -0.25) is 0 Å². The summed E-state index contributed by atoms with van der Waals surface area (Å²) < 4.78 is 18.4. The minimum absolute atomic E-state index is 0.209. The molecule has 0 radical (unpaired) electrons. The molecule has 0 bridgehead atoms. The zero-order chi connectivity index (χ0) is 9.26. The van der Waals surface area contributed by atoms with E-state index < -0.39 is 0 Å². The molecular formula is C10H10FNO. The molecule has 0 amide bonds. The van der Waals surface area contributed by atoms with Crippen LogP contribution >= 0.6 is 0 Å². The summed E-state index contributed by atoms with van der Waals surface area (Å²) in [4.78, 5) is 0. The highest BCUT2D eigenvalue weighted by molar-refractivity contribution is 5.81. The molecule has 0 aliphatic rings. The van der Waals surface area contributed by atoms with Gasteiger partial charge in [0.2, 0.25) is 0 Å². The Morgan fingerprint density at radius 2 is 2.15 bits per heavy atom. The summed E-state index contributed by atoms with van der Waals surface area (Å²) in [6, 6.07) is 4.81. The fourth-order valence-electron chi connectivity index (χ4n) is 1.48. The van der Waals surface area contributed by atoms with E-state index in [1.54, 1.807) is 18.4 Å². The third-order valence-electron chi connectivity index (χ3n) is 2.08. The molecule has 0 spiro atoms. The second-order valence-corrected chi connectivity index (χ2v) is 2.90. The van der Waals surface area contributed by atoms with Gasteiger partial charge >= 0.3 is 0 Å². The first-order valence-electron chi connectivity index (χ1n) is 4.17. The lowest BCUT2D eigenvalue weighted by atomic mass is 10.1. The second kappa shape index (κ2) is 3.18. The van der Waals surface area contributed by atoms with Gasteiger partial charge in [0.1, 0.15) is 11.4 Å². The van der Waals surface area contributed by atoms with Crippen molar-refractivity contribution in [2.24, 2.45) is 5.73 Å². The number of fused-ring (bicyclic) bond motifs is 1. The Morgan fingerprint density at radius 1 is 1.31 bits per heavy atom. The predicted octanol–water partition coefficient (Wildman–Crippen LogP) is 2.07. The summed E-state index contributed by atoms with van der Waals surface area (Å²) in [5.74, 6) is -0.209. The lowest BCUT2D eigenvalue weighted by molar-refractivity contribution is 0.602. The van der Waals surface area contributed by atoms with Crippen molar-refractivity contribution in [3.63, 3.8) is 0 Å². The maximum atomic E-state index is 13.3. The van der Waals surface area contributed by atoms with E-state index in [1.165, 1.54) is 6.07 Å². The highest BCUT2D eigenvalue weighted by Crippen LogP contribution is 2.22. The maximum Gasteiger partial charge on any atom is 0.134 e. The molecule has 2 nitrogen and oxygen atoms in total. The van der Waals surface area contributed by atoms with E-state index in [1.807, 2.05) is 0 Å². The Kier molecular flexibility index (Phi) is 2.02. The van der Waals surface area contributed by atoms with Gasteiger partial charge in [0, 0.05) is 10.9 Å². The predicted molar refractivity (Wildman–Crippen MR) is 48.9 cm³/mol. The first-order chi connectivity index (χ1) is 6.33. The van der Waals surface area contributed by atoms with Crippen molar-refractivity contribution in [3.05, 3.63) is 35.8 Å². The number of hydrogen-bond acceptors (Lipinski definition) is 2. The molecule has 0 saturated carbocycles. The molecule has 3 heteroatoms. The first kappa shape index (κ1) is 8.26. The molecule has 68 valence electrons. The summed E-state index contributed by atoms with van der Waals surface area (Å²) >= 11 is 0. The van der Waals surface area contributed by atoms with Crippen molar-refractivity contribution in [2.75, 3.05) is 6.54 Å². The Labute approximate surface area is 75.1 Å². The highest BCUT2D eigenvalue weighted by atomic mass is 19.1. The molecule has 1 heterocycles. The fraction of sp³-hybridized carbons (Fsp3) is 0.200. The zero-order valence-electron chi connectivity index (χ0n) is 7.09. The van der Waals surface area contributed by atoms with Crippen LogP contribution < -0.4 is 5.73 Å². The summed E-state index contributed by atoms with van der Waals surface area (Å²) in [6.07, 6.45) is 2.10. The quantitative estimate of drug-likeness (QED) is 0.766. The Bertz CT molecular complexity index is 422. The lowest BCUT2D eigenvalue weighted by Gasteiger charge is -2.01. The van der Waals surface area contributed by atoms with Crippen molar-refractivity contribution in [1.82, 2.24) is 0 Å². The van der Waals surface area contributed by atoms with E-state index in [9.17, 15) is 4.39 Å². The van der Waals surface area contributed by atoms with Crippen molar-refractivity contribution in [1.29, 1.82) is 0 Å². The first-order valence-corrected chi connectivity index (χ1v) is 4.17. The lowest BCUT2D eigenvalue weighted by Crippen LogP contribution is -2.04. The van der Waals surface area contributed by atoms with Crippen LogP contribution in [0.25, 0.3) is 11.0 Å². The summed E-state index contributed by atoms with van der Waals surface area (Å²) in [6.45, 7) is 0.446. The van der Waals surface area contributed by atoms with E-state index in [2.05, 4.69) is 0 Å². The van der Waals surface area contributed by atoms with Crippen molar-refractivity contribution < 1.29 is 8.81 Å². The molecule has 13 heavy (non-hydrogen) atoms. The minimum atomic E-state index is -0.209. The van der Waals surface area contributed by atoms with Crippen LogP contribution in [0.15, 0.2) is 28.9 Å². The van der Waals surface area contributed by atoms with Crippen LogP contribution in [-0.2, 0) is 6.42 Å². The zero-order valence-corrected chi connectivity index (χ0v) is 7.09. The van der Waals surface area contributed by atoms with E-state index in [-0.39, 0.29) is 5.82 Å². The number of halogens is 1. The SMILES string of the molecule is NCCc1c(F)ccc2occc12. The molecule has 1 aromatic carbocycles. The monoisotopic (exact) mass is 179 g/mol. The number of hydrogen-bond donors (Lipinski definition) is 1. The van der Waals surface area contributed by atoms with Crippen LogP contribution in [0.3, 0.4) is 0 Å². The molecular weight excluding hydrogens is 169 g/mol. The largest absolute Gasteiger partial charge is 0.464 e. The average Bonchev–Trinajstić information content (AvgIpc) is 2.58. The molecule has 2 N–H and O–H groups in total. The number of furan rings is 1. The molecule has 0 aliphatic heterocycles. The van der Waals surface area contributed by atoms with Gasteiger partial charge in [-0.2, -0.15) is 0 Å². The van der Waals surface area contributed by atoms with Crippen LogP contribution in [0.4, 0.5) is 4.39 Å². The highest BCUT2D eigenvalue weighted by Gasteiger charge is 2.07. The summed E-state index contributed by atoms with van der Waals surface area (Å²) in [7, 11) is 0. The van der Waals surface area contributed by atoms with Crippen LogP contribution in [0.1, 0.15) is 5.56 Å². The van der Waals surface area contributed by atoms with Gasteiger partial charge in [-0.25, -0.2) is 4.39 Å². The van der Waals surface area contributed by atoms with E-state index in [4.69, 9.17) is 10.2 Å². The molecule has 0 fully saturated rings. The smallest absolute Gasteiger partial charge is 0.134 e. The van der Waals surface area contributed by atoms with Crippen LogP contribution in [0.5, 0.6) is 0 Å². The van der Waals surface area contributed by atoms with Crippen molar-refractivity contribution in [3.8, 4) is 0 Å². The number of rotatable bonds is 2. The van der Waals surface area contributed by atoms with Crippen molar-refractivity contribution in [2.45, 2.75) is 6.42 Å². The van der Waals surface area contributed by atoms with Gasteiger partial charge in [0.15, 0.2) is 0 Å². The van der Waals surface area contributed by atoms with Gasteiger partial charge < -0.3 is 10.2 Å². The van der Waals surface area contributed by atoms with E-state index in [0.717, 1.165) is 5.39 Å². The molecule has 2 aromatic rings. The molecule has 0 aliphatic carbocycles. The molecule has 0 atom stereocenters. The summed E-state index contributed by atoms with van der Waals surface area (Å²) in [5.41, 5.74) is 6.75. The van der Waals surface area contributed by atoms with Crippen molar-refractivity contribution >= 4 is 11.0 Å². The molecule has 0 saturated heterocycles. The van der Waals surface area contributed by atoms with Crippen LogP contribution in [-0.4, -0.2) is 6.54 Å². The maximum absolute atomic E-state index is 13.3. The van der Waals surface area contributed by atoms with E-state index in [0.29, 0.717) is 24.1 Å². The fourth-order valence-corrected chi connectivity index (χ4v) is 1.48. The normalized spacial score (nSPS) is 10.9. The topological polar surface area (TPSA) is 39.2 Å². The van der Waals surface area contributed by atoms with Gasteiger partial charge in [-0.15, -0.1) is 0 Å². The standard InChI is InChI=1S/C10H10FNO/c11-9-1-2-10-8(4-6-13-10)7(9)3-5-12/h1-2,4,6H,3,5,12H2. The van der Waals surface area contributed by atoms with Gasteiger partial charge in [-0.1, -0.05) is 0 Å². The molecule has 1 aromatic heterocycles. The Morgan fingerprint density at radius 3 is 2.92 bits per heavy atom. The second-order valence-electron chi connectivity index (χ2n) is 2.90. The van der Waals surface area contributed by atoms with Crippen LogP contribution in [0.2, 0.25) is 0 Å². The molecule has 2 rings (SSSR count). The molecule has 0 unspecified atom stereocenters. The summed E-state index contributed by atoms with van der Waals surface area (Å²) in [5, 5.41) is 0.824. The van der Waals surface area contributed by atoms with E-state index >= 15 is 0 Å². The third-order valence-corrected chi connectivity index (χ3v) is 2.08. The van der Waals surface area contributed by atoms with Crippen LogP contribution in [0, 0.1) is 5.82 Å². The Balaban J connectivity index is 2.66.